The fourth-order valence-electron chi connectivity index (χ4n) is 3.25. The number of likely N-dealkylation sites (tertiary alicyclic amines) is 1. The number of hydrogen-bond donors (Lipinski definition) is 1. The molecule has 0 unspecified atom stereocenters. The van der Waals surface area contributed by atoms with Crippen molar-refractivity contribution < 1.29 is 4.79 Å². The summed E-state index contributed by atoms with van der Waals surface area (Å²) in [6.07, 6.45) is 9.81. The van der Waals surface area contributed by atoms with Crippen molar-refractivity contribution in [1.29, 1.82) is 0 Å². The average Bonchev–Trinajstić information content (AvgIpc) is 2.79. The number of rotatable bonds is 4. The van der Waals surface area contributed by atoms with Gasteiger partial charge in [-0.15, -0.1) is 6.58 Å². The number of hydrogen-bond acceptors (Lipinski definition) is 2. The molecule has 0 atom stereocenters. The topological polar surface area (TPSA) is 32.3 Å². The Morgan fingerprint density at radius 3 is 2.47 bits per heavy atom. The summed E-state index contributed by atoms with van der Waals surface area (Å²) in [5, 5.41) is 3.08. The Labute approximate surface area is 104 Å². The smallest absolute Gasteiger partial charge is 0.236 e. The maximum Gasteiger partial charge on any atom is 0.236 e. The molecule has 0 radical (unpaired) electrons. The minimum Gasteiger partial charge on any atom is -0.342 e. The number of carbonyl (C=O) groups excluding carboxylic acids is 1. The lowest BCUT2D eigenvalue weighted by molar-refractivity contribution is -0.132. The van der Waals surface area contributed by atoms with Crippen LogP contribution in [0.4, 0.5) is 0 Å². The molecule has 0 aromatic carbocycles. The fraction of sp³-hybridized carbons (Fsp3) is 0.786. The van der Waals surface area contributed by atoms with E-state index in [1.807, 2.05) is 4.90 Å². The predicted octanol–water partition coefficient (Wildman–Crippen LogP) is 1.94. The number of piperidine rings is 1. The SMILES string of the molecule is C=CCNCC(=O)N1CCC2(CCCC2)CC1. The van der Waals surface area contributed by atoms with Gasteiger partial charge < -0.3 is 10.2 Å². The lowest BCUT2D eigenvalue weighted by Crippen LogP contribution is -2.45. The molecule has 1 heterocycles. The van der Waals surface area contributed by atoms with Crippen molar-refractivity contribution in [2.75, 3.05) is 26.2 Å². The summed E-state index contributed by atoms with van der Waals surface area (Å²) in [5.41, 5.74) is 0.603. The molecule has 0 bridgehead atoms. The lowest BCUT2D eigenvalue weighted by Gasteiger charge is -2.39. The largest absolute Gasteiger partial charge is 0.342 e. The molecule has 0 aromatic rings. The minimum atomic E-state index is 0.250. The molecule has 2 fully saturated rings. The summed E-state index contributed by atoms with van der Waals surface area (Å²) < 4.78 is 0. The van der Waals surface area contributed by atoms with Gasteiger partial charge >= 0.3 is 0 Å². The highest BCUT2D eigenvalue weighted by molar-refractivity contribution is 5.78. The number of nitrogens with zero attached hydrogens (tertiary/aromatic N) is 1. The summed E-state index contributed by atoms with van der Waals surface area (Å²) in [4.78, 5) is 13.9. The van der Waals surface area contributed by atoms with Crippen molar-refractivity contribution in [1.82, 2.24) is 10.2 Å². The van der Waals surface area contributed by atoms with Crippen LogP contribution < -0.4 is 5.32 Å². The van der Waals surface area contributed by atoms with Gasteiger partial charge in [0.25, 0.3) is 0 Å². The van der Waals surface area contributed by atoms with Gasteiger partial charge in [-0.05, 0) is 31.1 Å². The van der Waals surface area contributed by atoms with Crippen molar-refractivity contribution in [3.8, 4) is 0 Å². The van der Waals surface area contributed by atoms with Gasteiger partial charge in [-0.3, -0.25) is 4.79 Å². The van der Waals surface area contributed by atoms with E-state index in [9.17, 15) is 4.79 Å². The highest BCUT2D eigenvalue weighted by atomic mass is 16.2. The van der Waals surface area contributed by atoms with Crippen LogP contribution in [0.1, 0.15) is 38.5 Å². The zero-order valence-corrected chi connectivity index (χ0v) is 10.7. The molecule has 3 nitrogen and oxygen atoms in total. The van der Waals surface area contributed by atoms with Crippen molar-refractivity contribution in [3.05, 3.63) is 12.7 Å². The Kier molecular flexibility index (Phi) is 4.21. The molecule has 1 spiro atoms. The van der Waals surface area contributed by atoms with Gasteiger partial charge in [0.05, 0.1) is 6.54 Å². The fourth-order valence-corrected chi connectivity index (χ4v) is 3.25. The quantitative estimate of drug-likeness (QED) is 0.597. The van der Waals surface area contributed by atoms with Crippen LogP contribution in [0.25, 0.3) is 0 Å². The van der Waals surface area contributed by atoms with Gasteiger partial charge in [0.2, 0.25) is 5.91 Å². The van der Waals surface area contributed by atoms with E-state index in [1.54, 1.807) is 6.08 Å². The van der Waals surface area contributed by atoms with E-state index >= 15 is 0 Å². The van der Waals surface area contributed by atoms with Crippen LogP contribution in [0.5, 0.6) is 0 Å². The minimum absolute atomic E-state index is 0.250. The van der Waals surface area contributed by atoms with E-state index in [0.29, 0.717) is 18.5 Å². The zero-order chi connectivity index (χ0) is 12.1. The maximum absolute atomic E-state index is 11.9. The standard InChI is InChI=1S/C14H24N2O/c1-2-9-15-12-13(17)16-10-7-14(8-11-16)5-3-4-6-14/h2,15H,1,3-12H2. The molecule has 1 N–H and O–H groups in total. The van der Waals surface area contributed by atoms with Crippen LogP contribution in [-0.4, -0.2) is 37.0 Å². The average molecular weight is 236 g/mol. The first kappa shape index (κ1) is 12.6. The zero-order valence-electron chi connectivity index (χ0n) is 10.7. The normalized spacial score (nSPS) is 22.9. The second kappa shape index (κ2) is 5.67. The predicted molar refractivity (Wildman–Crippen MR) is 69.8 cm³/mol. The molecule has 1 amide bonds. The van der Waals surface area contributed by atoms with E-state index in [2.05, 4.69) is 11.9 Å². The first-order valence-corrected chi connectivity index (χ1v) is 6.85. The van der Waals surface area contributed by atoms with Crippen LogP contribution in [0.2, 0.25) is 0 Å². The third kappa shape index (κ3) is 3.09. The van der Waals surface area contributed by atoms with Gasteiger partial charge in [0.15, 0.2) is 0 Å². The van der Waals surface area contributed by atoms with Crippen LogP contribution in [0.3, 0.4) is 0 Å². The van der Waals surface area contributed by atoms with Crippen molar-refractivity contribution in [2.45, 2.75) is 38.5 Å². The Morgan fingerprint density at radius 1 is 1.24 bits per heavy atom. The van der Waals surface area contributed by atoms with Gasteiger partial charge in [-0.1, -0.05) is 18.9 Å². The van der Waals surface area contributed by atoms with Gasteiger partial charge in [-0.25, -0.2) is 0 Å². The molecule has 2 rings (SSSR count). The maximum atomic E-state index is 11.9. The van der Waals surface area contributed by atoms with Gasteiger partial charge in [-0.2, -0.15) is 0 Å². The molecule has 96 valence electrons. The third-order valence-corrected chi connectivity index (χ3v) is 4.41. The molecule has 1 aliphatic heterocycles. The highest BCUT2D eigenvalue weighted by Crippen LogP contribution is 2.45. The summed E-state index contributed by atoms with van der Waals surface area (Å²) in [5.74, 6) is 0.250. The van der Waals surface area contributed by atoms with E-state index in [4.69, 9.17) is 0 Å². The van der Waals surface area contributed by atoms with Crippen molar-refractivity contribution in [3.63, 3.8) is 0 Å². The second-order valence-corrected chi connectivity index (χ2v) is 5.51. The van der Waals surface area contributed by atoms with Gasteiger partial charge in [0, 0.05) is 19.6 Å². The Bertz CT molecular complexity index is 272. The Balaban J connectivity index is 1.74. The molecule has 1 saturated heterocycles. The first-order chi connectivity index (χ1) is 8.26. The Hall–Kier alpha value is -0.830. The van der Waals surface area contributed by atoms with Crippen LogP contribution >= 0.6 is 0 Å². The molecule has 0 aromatic heterocycles. The lowest BCUT2D eigenvalue weighted by atomic mass is 9.77. The number of carbonyl (C=O) groups is 1. The van der Waals surface area contributed by atoms with Crippen molar-refractivity contribution >= 4 is 5.91 Å². The molecule has 1 saturated carbocycles. The van der Waals surface area contributed by atoms with Crippen LogP contribution in [-0.2, 0) is 4.79 Å². The van der Waals surface area contributed by atoms with Crippen molar-refractivity contribution in [2.24, 2.45) is 5.41 Å². The third-order valence-electron chi connectivity index (χ3n) is 4.41. The summed E-state index contributed by atoms with van der Waals surface area (Å²) in [6.45, 7) is 6.73. The molecule has 17 heavy (non-hydrogen) atoms. The first-order valence-electron chi connectivity index (χ1n) is 6.85. The molecule has 1 aliphatic carbocycles. The molecule has 3 heteroatoms. The Morgan fingerprint density at radius 2 is 1.88 bits per heavy atom. The molecular weight excluding hydrogens is 212 g/mol. The summed E-state index contributed by atoms with van der Waals surface area (Å²) >= 11 is 0. The highest BCUT2D eigenvalue weighted by Gasteiger charge is 2.37. The summed E-state index contributed by atoms with van der Waals surface area (Å²) in [7, 11) is 0. The van der Waals surface area contributed by atoms with E-state index in [-0.39, 0.29) is 5.91 Å². The second-order valence-electron chi connectivity index (χ2n) is 5.51. The van der Waals surface area contributed by atoms with E-state index in [0.717, 1.165) is 13.1 Å². The number of nitrogens with one attached hydrogen (secondary N) is 1. The number of amides is 1. The van der Waals surface area contributed by atoms with Crippen LogP contribution in [0, 0.1) is 5.41 Å². The van der Waals surface area contributed by atoms with E-state index < -0.39 is 0 Å². The van der Waals surface area contributed by atoms with Crippen LogP contribution in [0.15, 0.2) is 12.7 Å². The molecule has 2 aliphatic rings. The van der Waals surface area contributed by atoms with Gasteiger partial charge in [0.1, 0.15) is 0 Å². The summed E-state index contributed by atoms with van der Waals surface area (Å²) in [6, 6.07) is 0. The molecular formula is C14H24N2O. The van der Waals surface area contributed by atoms with E-state index in [1.165, 1.54) is 38.5 Å². The monoisotopic (exact) mass is 236 g/mol.